The predicted molar refractivity (Wildman–Crippen MR) is 79.8 cm³/mol. The van der Waals surface area contributed by atoms with Crippen molar-refractivity contribution in [2.45, 2.75) is 19.9 Å². The fourth-order valence-corrected chi connectivity index (χ4v) is 2.33. The fourth-order valence-electron chi connectivity index (χ4n) is 1.87. The van der Waals surface area contributed by atoms with Crippen LogP contribution in [0.1, 0.15) is 24.2 Å². The van der Waals surface area contributed by atoms with E-state index in [0.29, 0.717) is 21.1 Å². The van der Waals surface area contributed by atoms with E-state index < -0.39 is 0 Å². The van der Waals surface area contributed by atoms with Crippen LogP contribution >= 0.6 is 15.9 Å². The minimum atomic E-state index is -0.357. The lowest BCUT2D eigenvalue weighted by Gasteiger charge is -2.19. The van der Waals surface area contributed by atoms with E-state index >= 15 is 0 Å². The molecule has 2 rings (SSSR count). The van der Waals surface area contributed by atoms with Crippen LogP contribution in [0.25, 0.3) is 11.0 Å². The van der Waals surface area contributed by atoms with Crippen molar-refractivity contribution >= 4 is 32.9 Å². The molecule has 1 aromatic carbocycles. The van der Waals surface area contributed by atoms with E-state index in [-0.39, 0.29) is 30.2 Å². The normalized spacial score (nSPS) is 14.2. The van der Waals surface area contributed by atoms with Crippen molar-refractivity contribution in [1.29, 1.82) is 0 Å². The third-order valence-corrected chi connectivity index (χ3v) is 3.79. The number of rotatable bonds is 4. The molecule has 7 heteroatoms. The summed E-state index contributed by atoms with van der Waals surface area (Å²) in [5.41, 5.74) is 1.06. The Balaban J connectivity index is 2.37. The molecule has 0 fully saturated rings. The molecule has 0 aliphatic heterocycles. The first-order valence-corrected chi connectivity index (χ1v) is 7.05. The van der Waals surface area contributed by atoms with Crippen LogP contribution < -0.4 is 11.0 Å². The van der Waals surface area contributed by atoms with Gasteiger partial charge in [-0.2, -0.15) is 0 Å². The number of halogens is 1. The van der Waals surface area contributed by atoms with Gasteiger partial charge in [-0.1, -0.05) is 22.9 Å². The number of aliphatic hydroxyl groups is 1. The van der Waals surface area contributed by atoms with E-state index in [2.05, 4.69) is 31.2 Å². The molecule has 1 aromatic heterocycles. The topological polar surface area (TPSA) is 98.0 Å². The van der Waals surface area contributed by atoms with Crippen LogP contribution in [-0.4, -0.2) is 33.6 Å². The number of fused-ring (bicyclic) bond motifs is 1. The molecule has 1 heterocycles. The fraction of sp³-hybridized carbons (Fsp3) is 0.385. The zero-order valence-electron chi connectivity index (χ0n) is 11.2. The summed E-state index contributed by atoms with van der Waals surface area (Å²) in [4.78, 5) is 28.9. The summed E-state index contributed by atoms with van der Waals surface area (Å²) >= 11 is 3.31. The maximum atomic E-state index is 12.3. The van der Waals surface area contributed by atoms with Crippen LogP contribution in [0, 0.1) is 5.92 Å². The molecule has 0 radical (unpaired) electrons. The van der Waals surface area contributed by atoms with Crippen LogP contribution in [0.3, 0.4) is 0 Å². The summed E-state index contributed by atoms with van der Waals surface area (Å²) in [5, 5.41) is 11.9. The van der Waals surface area contributed by atoms with Crippen molar-refractivity contribution in [2.24, 2.45) is 5.92 Å². The number of imidazole rings is 1. The summed E-state index contributed by atoms with van der Waals surface area (Å²) in [6.07, 6.45) is 0. The zero-order chi connectivity index (χ0) is 14.9. The number of aromatic nitrogens is 2. The summed E-state index contributed by atoms with van der Waals surface area (Å²) in [5.74, 6) is -0.341. The van der Waals surface area contributed by atoms with Crippen LogP contribution in [0.5, 0.6) is 0 Å². The van der Waals surface area contributed by atoms with E-state index in [0.717, 1.165) is 0 Å². The van der Waals surface area contributed by atoms with Gasteiger partial charge in [0.05, 0.1) is 16.6 Å². The van der Waals surface area contributed by atoms with Gasteiger partial charge in [0.1, 0.15) is 0 Å². The van der Waals surface area contributed by atoms with Crippen molar-refractivity contribution in [1.82, 2.24) is 15.3 Å². The molecule has 1 amide bonds. The number of carbonyl (C=O) groups is 1. The summed E-state index contributed by atoms with van der Waals surface area (Å²) in [6, 6.07) is 3.20. The Morgan fingerprint density at radius 1 is 1.40 bits per heavy atom. The number of hydrogen-bond donors (Lipinski definition) is 4. The highest BCUT2D eigenvalue weighted by molar-refractivity contribution is 9.10. The molecule has 2 atom stereocenters. The molecule has 0 bridgehead atoms. The highest BCUT2D eigenvalue weighted by Crippen LogP contribution is 2.21. The number of nitrogens with one attached hydrogen (secondary N) is 3. The van der Waals surface area contributed by atoms with Crippen molar-refractivity contribution in [3.05, 3.63) is 32.7 Å². The van der Waals surface area contributed by atoms with Gasteiger partial charge in [-0.25, -0.2) is 4.79 Å². The number of carbonyl (C=O) groups excluding carboxylic acids is 1. The number of aliphatic hydroxyl groups excluding tert-OH is 1. The molecule has 0 saturated heterocycles. The van der Waals surface area contributed by atoms with Gasteiger partial charge in [-0.3, -0.25) is 4.79 Å². The first-order valence-electron chi connectivity index (χ1n) is 6.25. The van der Waals surface area contributed by atoms with Crippen molar-refractivity contribution in [2.75, 3.05) is 6.61 Å². The highest BCUT2D eigenvalue weighted by Gasteiger charge is 2.18. The summed E-state index contributed by atoms with van der Waals surface area (Å²) in [7, 11) is 0. The van der Waals surface area contributed by atoms with Gasteiger partial charge in [0.15, 0.2) is 0 Å². The largest absolute Gasteiger partial charge is 0.396 e. The van der Waals surface area contributed by atoms with Gasteiger partial charge in [0, 0.05) is 17.1 Å². The Kier molecular flexibility index (Phi) is 4.29. The Hall–Kier alpha value is -1.60. The molecular weight excluding hydrogens is 326 g/mol. The van der Waals surface area contributed by atoms with Crippen LogP contribution in [0.2, 0.25) is 0 Å². The molecule has 0 aliphatic carbocycles. The molecule has 20 heavy (non-hydrogen) atoms. The Labute approximate surface area is 123 Å². The average molecular weight is 342 g/mol. The lowest BCUT2D eigenvalue weighted by Crippen LogP contribution is -2.38. The average Bonchev–Trinajstić information content (AvgIpc) is 2.76. The number of hydrogen-bond acceptors (Lipinski definition) is 3. The quantitative estimate of drug-likeness (QED) is 0.675. The molecule has 6 nitrogen and oxygen atoms in total. The molecular formula is C13H16BrN3O3. The lowest BCUT2D eigenvalue weighted by atomic mass is 10.0. The second kappa shape index (κ2) is 5.80. The van der Waals surface area contributed by atoms with Gasteiger partial charge in [0.2, 0.25) is 0 Å². The van der Waals surface area contributed by atoms with Gasteiger partial charge in [-0.15, -0.1) is 0 Å². The van der Waals surface area contributed by atoms with E-state index in [4.69, 9.17) is 5.11 Å². The number of benzene rings is 1. The van der Waals surface area contributed by atoms with E-state index in [9.17, 15) is 9.59 Å². The molecule has 0 spiro atoms. The molecule has 2 aromatic rings. The third-order valence-electron chi connectivity index (χ3n) is 3.33. The maximum absolute atomic E-state index is 12.3. The minimum absolute atomic E-state index is 0.00364. The van der Waals surface area contributed by atoms with Gasteiger partial charge < -0.3 is 20.4 Å². The summed E-state index contributed by atoms with van der Waals surface area (Å²) < 4.78 is 0.702. The predicted octanol–water partition coefficient (Wildman–Crippen LogP) is 1.37. The van der Waals surface area contributed by atoms with Gasteiger partial charge in [0.25, 0.3) is 5.91 Å². The zero-order valence-corrected chi connectivity index (χ0v) is 12.7. The monoisotopic (exact) mass is 341 g/mol. The van der Waals surface area contributed by atoms with Crippen molar-refractivity contribution < 1.29 is 9.90 Å². The van der Waals surface area contributed by atoms with Crippen molar-refractivity contribution in [3.63, 3.8) is 0 Å². The van der Waals surface area contributed by atoms with E-state index in [1.807, 2.05) is 13.8 Å². The summed E-state index contributed by atoms with van der Waals surface area (Å²) in [6.45, 7) is 3.67. The molecule has 0 saturated carbocycles. The van der Waals surface area contributed by atoms with Gasteiger partial charge in [-0.05, 0) is 25.0 Å². The lowest BCUT2D eigenvalue weighted by molar-refractivity contribution is 0.0918. The molecule has 108 valence electrons. The second-order valence-electron chi connectivity index (χ2n) is 4.88. The third kappa shape index (κ3) is 2.94. The Bertz CT molecular complexity index is 692. The Morgan fingerprint density at radius 3 is 2.75 bits per heavy atom. The second-order valence-corrected chi connectivity index (χ2v) is 5.79. The Morgan fingerprint density at radius 2 is 2.10 bits per heavy atom. The van der Waals surface area contributed by atoms with E-state index in [1.54, 1.807) is 12.1 Å². The maximum Gasteiger partial charge on any atom is 0.323 e. The number of H-pyrrole nitrogens is 2. The molecule has 0 unspecified atom stereocenters. The van der Waals surface area contributed by atoms with Crippen LogP contribution in [-0.2, 0) is 0 Å². The highest BCUT2D eigenvalue weighted by atomic mass is 79.9. The molecule has 0 aliphatic rings. The standard InChI is InChI=1S/C13H16BrN3O3/c1-6(5-18)7(2)15-12(19)9-3-8(14)4-10-11(9)17-13(20)16-10/h3-4,6-7,18H,5H2,1-2H3,(H,15,19)(H2,16,17,20)/t6-,7+/m1/s1. The number of aromatic amines is 2. The first-order chi connectivity index (χ1) is 9.42. The molecule has 4 N–H and O–H groups in total. The van der Waals surface area contributed by atoms with Crippen molar-refractivity contribution in [3.8, 4) is 0 Å². The first kappa shape index (κ1) is 14.8. The SMILES string of the molecule is C[C@H](CO)[C@H](C)NC(=O)c1cc(Br)cc2[nH]c(=O)[nH]c12. The van der Waals surface area contributed by atoms with Gasteiger partial charge >= 0.3 is 5.69 Å². The van der Waals surface area contributed by atoms with Crippen LogP contribution in [0.4, 0.5) is 0 Å². The minimum Gasteiger partial charge on any atom is -0.396 e. The smallest absolute Gasteiger partial charge is 0.323 e. The van der Waals surface area contributed by atoms with Crippen LogP contribution in [0.15, 0.2) is 21.4 Å². The number of amides is 1. The van der Waals surface area contributed by atoms with E-state index in [1.165, 1.54) is 0 Å².